The predicted molar refractivity (Wildman–Crippen MR) is 106 cm³/mol. The molecule has 1 atom stereocenters. The molecule has 0 fully saturated rings. The second-order valence-electron chi connectivity index (χ2n) is 6.58. The van der Waals surface area contributed by atoms with Crippen LogP contribution in [0.3, 0.4) is 0 Å². The van der Waals surface area contributed by atoms with Gasteiger partial charge in [0, 0.05) is 29.7 Å². The molecule has 0 saturated heterocycles. The van der Waals surface area contributed by atoms with Crippen LogP contribution in [0.2, 0.25) is 0 Å². The lowest BCUT2D eigenvalue weighted by Crippen LogP contribution is -2.24. The maximum absolute atomic E-state index is 12.6. The Morgan fingerprint density at radius 2 is 1.93 bits per heavy atom. The summed E-state index contributed by atoms with van der Waals surface area (Å²) in [5, 5.41) is 8.92. The van der Waals surface area contributed by atoms with Gasteiger partial charge in [-0.3, -0.25) is 9.78 Å². The highest BCUT2D eigenvalue weighted by Crippen LogP contribution is 2.20. The van der Waals surface area contributed by atoms with Crippen molar-refractivity contribution in [3.63, 3.8) is 0 Å². The monoisotopic (exact) mass is 359 g/mol. The minimum Gasteiger partial charge on any atom is -0.306 e. The van der Waals surface area contributed by atoms with E-state index in [1.807, 2.05) is 68.4 Å². The van der Waals surface area contributed by atoms with Crippen LogP contribution in [0.4, 0.5) is 0 Å². The number of aryl methyl sites for hydroxylation is 1. The van der Waals surface area contributed by atoms with E-state index in [9.17, 15) is 4.79 Å². The first kappa shape index (κ1) is 17.2. The van der Waals surface area contributed by atoms with Gasteiger partial charge >= 0.3 is 0 Å². The number of para-hydroxylation sites is 1. The van der Waals surface area contributed by atoms with Crippen LogP contribution in [0, 0.1) is 6.92 Å². The number of aromatic nitrogens is 4. The van der Waals surface area contributed by atoms with Crippen molar-refractivity contribution in [2.24, 2.45) is 0 Å². The Morgan fingerprint density at radius 3 is 2.67 bits per heavy atom. The molecule has 4 aromatic rings. The van der Waals surface area contributed by atoms with Crippen molar-refractivity contribution in [3.05, 3.63) is 88.1 Å². The molecule has 0 saturated carbocycles. The van der Waals surface area contributed by atoms with Crippen LogP contribution in [0.5, 0.6) is 0 Å². The Balaban J connectivity index is 1.65. The zero-order valence-electron chi connectivity index (χ0n) is 15.3. The van der Waals surface area contributed by atoms with Gasteiger partial charge in [-0.05, 0) is 44.2 Å². The molecule has 0 aliphatic heterocycles. The van der Waals surface area contributed by atoms with Gasteiger partial charge in [0.1, 0.15) is 5.65 Å². The van der Waals surface area contributed by atoms with Gasteiger partial charge in [-0.25, -0.2) is 4.68 Å². The topological polar surface area (TPSA) is 75.6 Å². The first-order valence-corrected chi connectivity index (χ1v) is 8.95. The van der Waals surface area contributed by atoms with Gasteiger partial charge in [0.2, 0.25) is 0 Å². The molecule has 0 aliphatic rings. The minimum absolute atomic E-state index is 0.0504. The summed E-state index contributed by atoms with van der Waals surface area (Å²) >= 11 is 0. The number of rotatable bonds is 5. The summed E-state index contributed by atoms with van der Waals surface area (Å²) in [6.07, 6.45) is 1.77. The number of nitrogens with one attached hydrogen (secondary N) is 2. The number of fused-ring (bicyclic) bond motifs is 1. The van der Waals surface area contributed by atoms with E-state index in [1.54, 1.807) is 10.9 Å². The number of nitrogens with zero attached hydrogens (tertiary/aromatic N) is 3. The van der Waals surface area contributed by atoms with E-state index in [0.29, 0.717) is 17.8 Å². The predicted octanol–water partition coefficient (Wildman–Crippen LogP) is 3.27. The molecule has 6 nitrogen and oxygen atoms in total. The molecule has 0 spiro atoms. The van der Waals surface area contributed by atoms with Gasteiger partial charge in [0.05, 0.1) is 17.1 Å². The third kappa shape index (κ3) is 3.39. The molecule has 2 N–H and O–H groups in total. The molecular weight excluding hydrogens is 338 g/mol. The van der Waals surface area contributed by atoms with Crippen molar-refractivity contribution in [2.45, 2.75) is 26.4 Å². The summed E-state index contributed by atoms with van der Waals surface area (Å²) in [6.45, 7) is 4.44. The summed E-state index contributed by atoms with van der Waals surface area (Å²) in [5.41, 5.74) is 4.03. The summed E-state index contributed by atoms with van der Waals surface area (Å²) < 4.78 is 1.78. The van der Waals surface area contributed by atoms with E-state index < -0.39 is 0 Å². The van der Waals surface area contributed by atoms with Crippen LogP contribution >= 0.6 is 0 Å². The van der Waals surface area contributed by atoms with Gasteiger partial charge < -0.3 is 10.3 Å². The molecule has 0 aliphatic carbocycles. The molecular formula is C21H21N5O. The normalized spacial score (nSPS) is 12.4. The first-order valence-electron chi connectivity index (χ1n) is 8.95. The largest absolute Gasteiger partial charge is 0.306 e. The smallest absolute Gasteiger partial charge is 0.254 e. The Bertz CT molecular complexity index is 1120. The van der Waals surface area contributed by atoms with E-state index in [2.05, 4.69) is 20.4 Å². The maximum atomic E-state index is 12.6. The summed E-state index contributed by atoms with van der Waals surface area (Å²) in [4.78, 5) is 20.0. The van der Waals surface area contributed by atoms with Crippen LogP contribution in [-0.2, 0) is 6.54 Å². The van der Waals surface area contributed by atoms with Crippen molar-refractivity contribution in [2.75, 3.05) is 0 Å². The van der Waals surface area contributed by atoms with E-state index in [1.165, 1.54) is 0 Å². The van der Waals surface area contributed by atoms with Gasteiger partial charge in [0.15, 0.2) is 0 Å². The Morgan fingerprint density at radius 1 is 1.15 bits per heavy atom. The SMILES string of the molecule is Cc1nn(-c2ccccc2)c2[nH]c(=O)c(CN[C@@H](C)c3ccccn3)cc12. The fourth-order valence-corrected chi connectivity index (χ4v) is 3.15. The Kier molecular flexibility index (Phi) is 4.56. The average Bonchev–Trinajstić information content (AvgIpc) is 3.03. The molecule has 0 radical (unpaired) electrons. The lowest BCUT2D eigenvalue weighted by atomic mass is 10.1. The summed E-state index contributed by atoms with van der Waals surface area (Å²) in [6, 6.07) is 17.6. The highest BCUT2D eigenvalue weighted by atomic mass is 16.1. The number of hydrogen-bond acceptors (Lipinski definition) is 4. The highest BCUT2D eigenvalue weighted by Gasteiger charge is 2.13. The number of pyridine rings is 2. The molecule has 6 heteroatoms. The van der Waals surface area contributed by atoms with Crippen LogP contribution in [0.15, 0.2) is 65.6 Å². The number of benzene rings is 1. The zero-order chi connectivity index (χ0) is 18.8. The maximum Gasteiger partial charge on any atom is 0.254 e. The van der Waals surface area contributed by atoms with Crippen molar-refractivity contribution in [1.29, 1.82) is 0 Å². The molecule has 1 aromatic carbocycles. The number of H-pyrrole nitrogens is 1. The lowest BCUT2D eigenvalue weighted by Gasteiger charge is -2.13. The molecule has 3 aromatic heterocycles. The van der Waals surface area contributed by atoms with Crippen molar-refractivity contribution in [3.8, 4) is 5.69 Å². The third-order valence-corrected chi connectivity index (χ3v) is 4.68. The van der Waals surface area contributed by atoms with E-state index >= 15 is 0 Å². The van der Waals surface area contributed by atoms with Crippen LogP contribution in [-0.4, -0.2) is 19.7 Å². The molecule has 0 unspecified atom stereocenters. The van der Waals surface area contributed by atoms with Crippen molar-refractivity contribution < 1.29 is 0 Å². The Hall–Kier alpha value is -3.25. The molecule has 136 valence electrons. The summed E-state index contributed by atoms with van der Waals surface area (Å²) in [5.74, 6) is 0. The highest BCUT2D eigenvalue weighted by molar-refractivity contribution is 5.80. The minimum atomic E-state index is -0.111. The number of hydrogen-bond donors (Lipinski definition) is 2. The Labute approximate surface area is 156 Å². The third-order valence-electron chi connectivity index (χ3n) is 4.68. The summed E-state index contributed by atoms with van der Waals surface area (Å²) in [7, 11) is 0. The fourth-order valence-electron chi connectivity index (χ4n) is 3.15. The molecule has 0 bridgehead atoms. The van der Waals surface area contributed by atoms with Crippen molar-refractivity contribution >= 4 is 11.0 Å². The molecule has 3 heterocycles. The first-order chi connectivity index (χ1) is 13.1. The van der Waals surface area contributed by atoms with Gasteiger partial charge in [-0.1, -0.05) is 24.3 Å². The zero-order valence-corrected chi connectivity index (χ0v) is 15.3. The van der Waals surface area contributed by atoms with E-state index in [-0.39, 0.29) is 11.6 Å². The molecule has 4 rings (SSSR count). The van der Waals surface area contributed by atoms with Gasteiger partial charge in [-0.15, -0.1) is 0 Å². The van der Waals surface area contributed by atoms with Gasteiger partial charge in [0.25, 0.3) is 5.56 Å². The number of aromatic amines is 1. The van der Waals surface area contributed by atoms with E-state index in [0.717, 1.165) is 22.5 Å². The average molecular weight is 359 g/mol. The molecule has 27 heavy (non-hydrogen) atoms. The quantitative estimate of drug-likeness (QED) is 0.573. The van der Waals surface area contributed by atoms with Crippen LogP contribution < -0.4 is 10.9 Å². The second kappa shape index (κ2) is 7.17. The molecule has 0 amide bonds. The van der Waals surface area contributed by atoms with Crippen LogP contribution in [0.1, 0.15) is 29.9 Å². The van der Waals surface area contributed by atoms with Crippen molar-refractivity contribution in [1.82, 2.24) is 25.1 Å². The van der Waals surface area contributed by atoms with Gasteiger partial charge in [-0.2, -0.15) is 5.10 Å². The van der Waals surface area contributed by atoms with E-state index in [4.69, 9.17) is 0 Å². The second-order valence-corrected chi connectivity index (χ2v) is 6.58. The lowest BCUT2D eigenvalue weighted by molar-refractivity contribution is 0.559. The fraction of sp³-hybridized carbons (Fsp3) is 0.190. The van der Waals surface area contributed by atoms with Crippen LogP contribution in [0.25, 0.3) is 16.7 Å². The standard InChI is InChI=1S/C21H21N5O/c1-14-18-12-16(13-23-15(2)19-10-6-7-11-22-19)21(27)24-20(18)26(25-14)17-8-4-3-5-9-17/h3-12,15,23H,13H2,1-2H3,(H,24,27)/t15-/m0/s1.